The molecule has 2 N–H and O–H groups in total. The van der Waals surface area contributed by atoms with Crippen LogP contribution in [0.4, 0.5) is 0 Å². The molecule has 0 aromatic heterocycles. The molecule has 1 atom stereocenters. The van der Waals surface area contributed by atoms with E-state index in [9.17, 15) is 0 Å². The highest BCUT2D eigenvalue weighted by Crippen LogP contribution is 2.21. The summed E-state index contributed by atoms with van der Waals surface area (Å²) >= 11 is 0. The van der Waals surface area contributed by atoms with E-state index in [-0.39, 0.29) is 0 Å². The summed E-state index contributed by atoms with van der Waals surface area (Å²) in [4.78, 5) is 6.87. The number of benzene rings is 2. The number of morpholine rings is 1. The first-order valence-corrected chi connectivity index (χ1v) is 9.63. The number of rotatable bonds is 6. The molecule has 5 heteroatoms. The predicted molar refractivity (Wildman–Crippen MR) is 111 cm³/mol. The average Bonchev–Trinajstić information content (AvgIpc) is 2.73. The van der Waals surface area contributed by atoms with Crippen molar-refractivity contribution < 1.29 is 4.74 Å². The van der Waals surface area contributed by atoms with Crippen molar-refractivity contribution in [3.05, 3.63) is 71.3 Å². The number of nitrogens with zero attached hydrogens (tertiary/aromatic N) is 2. The maximum atomic E-state index is 5.54. The molecule has 0 amide bonds. The lowest BCUT2D eigenvalue weighted by Gasteiger charge is -2.35. The Bertz CT molecular complexity index is 709. The second-order valence-electron chi connectivity index (χ2n) is 6.87. The van der Waals surface area contributed by atoms with Crippen LogP contribution in [0.15, 0.2) is 59.6 Å². The molecular weight excluding hydrogens is 336 g/mol. The van der Waals surface area contributed by atoms with Gasteiger partial charge in [-0.3, -0.25) is 9.89 Å². The van der Waals surface area contributed by atoms with Crippen LogP contribution in [-0.4, -0.2) is 50.8 Å². The van der Waals surface area contributed by atoms with E-state index in [1.807, 2.05) is 13.1 Å². The fourth-order valence-corrected chi connectivity index (χ4v) is 3.33. The molecule has 0 bridgehead atoms. The van der Waals surface area contributed by atoms with Gasteiger partial charge in [0.15, 0.2) is 5.96 Å². The zero-order valence-corrected chi connectivity index (χ0v) is 16.3. The lowest BCUT2D eigenvalue weighted by molar-refractivity contribution is 0.0170. The molecule has 144 valence electrons. The van der Waals surface area contributed by atoms with Gasteiger partial charge in [0, 0.05) is 33.2 Å². The van der Waals surface area contributed by atoms with E-state index in [2.05, 4.69) is 76.0 Å². The standard InChI is InChI=1S/C22H30N4O/c1-18-8-10-20(11-9-18)21(26-12-14-27-15-13-26)17-25-22(23-2)24-16-19-6-4-3-5-7-19/h3-11,21H,12-17H2,1-2H3,(H2,23,24,25). The van der Waals surface area contributed by atoms with E-state index in [4.69, 9.17) is 4.74 Å². The fourth-order valence-electron chi connectivity index (χ4n) is 3.33. The summed E-state index contributed by atoms with van der Waals surface area (Å²) in [5.41, 5.74) is 3.85. The molecule has 0 aliphatic carbocycles. The topological polar surface area (TPSA) is 48.9 Å². The highest BCUT2D eigenvalue weighted by Gasteiger charge is 2.22. The largest absolute Gasteiger partial charge is 0.379 e. The summed E-state index contributed by atoms with van der Waals surface area (Å²) in [6, 6.07) is 19.5. The highest BCUT2D eigenvalue weighted by atomic mass is 16.5. The Morgan fingerprint density at radius 2 is 1.74 bits per heavy atom. The summed E-state index contributed by atoms with van der Waals surface area (Å²) in [7, 11) is 1.82. The van der Waals surface area contributed by atoms with Crippen LogP contribution < -0.4 is 10.6 Å². The van der Waals surface area contributed by atoms with Crippen molar-refractivity contribution in [1.82, 2.24) is 15.5 Å². The predicted octanol–water partition coefficient (Wildman–Crippen LogP) is 2.73. The van der Waals surface area contributed by atoms with Crippen LogP contribution in [0.2, 0.25) is 0 Å². The zero-order chi connectivity index (χ0) is 18.9. The van der Waals surface area contributed by atoms with Crippen LogP contribution in [-0.2, 0) is 11.3 Å². The molecule has 1 heterocycles. The molecule has 1 fully saturated rings. The second kappa shape index (κ2) is 10.1. The van der Waals surface area contributed by atoms with Gasteiger partial charge in [-0.1, -0.05) is 60.2 Å². The van der Waals surface area contributed by atoms with Gasteiger partial charge in [0.2, 0.25) is 0 Å². The Labute approximate surface area is 162 Å². The van der Waals surface area contributed by atoms with E-state index in [0.29, 0.717) is 6.04 Å². The van der Waals surface area contributed by atoms with Gasteiger partial charge in [0.25, 0.3) is 0 Å². The number of guanidine groups is 1. The third-order valence-electron chi connectivity index (χ3n) is 4.94. The Kier molecular flexibility index (Phi) is 7.25. The van der Waals surface area contributed by atoms with Crippen molar-refractivity contribution >= 4 is 5.96 Å². The maximum absolute atomic E-state index is 5.54. The Hall–Kier alpha value is -2.37. The summed E-state index contributed by atoms with van der Waals surface area (Å²) in [6.45, 7) is 7.19. The number of hydrogen-bond acceptors (Lipinski definition) is 3. The first-order valence-electron chi connectivity index (χ1n) is 9.63. The number of ether oxygens (including phenoxy) is 1. The summed E-state index contributed by atoms with van der Waals surface area (Å²) in [5, 5.41) is 6.91. The van der Waals surface area contributed by atoms with Crippen LogP contribution in [0.5, 0.6) is 0 Å². The van der Waals surface area contributed by atoms with Crippen molar-refractivity contribution in [2.75, 3.05) is 39.9 Å². The summed E-state index contributed by atoms with van der Waals surface area (Å²) < 4.78 is 5.54. The molecule has 1 saturated heterocycles. The van der Waals surface area contributed by atoms with Crippen molar-refractivity contribution in [3.63, 3.8) is 0 Å². The lowest BCUT2D eigenvalue weighted by Crippen LogP contribution is -2.46. The minimum absolute atomic E-state index is 0.296. The van der Waals surface area contributed by atoms with Gasteiger partial charge in [-0.2, -0.15) is 0 Å². The molecule has 3 rings (SSSR count). The third kappa shape index (κ3) is 5.81. The van der Waals surface area contributed by atoms with Crippen molar-refractivity contribution in [3.8, 4) is 0 Å². The van der Waals surface area contributed by atoms with Crippen LogP contribution in [0.1, 0.15) is 22.7 Å². The number of aryl methyl sites for hydroxylation is 1. The van der Waals surface area contributed by atoms with Gasteiger partial charge >= 0.3 is 0 Å². The monoisotopic (exact) mass is 366 g/mol. The summed E-state index contributed by atoms with van der Waals surface area (Å²) in [5.74, 6) is 0.823. The van der Waals surface area contributed by atoms with Gasteiger partial charge in [-0.15, -0.1) is 0 Å². The molecule has 2 aromatic rings. The van der Waals surface area contributed by atoms with Crippen LogP contribution in [0.25, 0.3) is 0 Å². The van der Waals surface area contributed by atoms with Crippen molar-refractivity contribution in [1.29, 1.82) is 0 Å². The number of aliphatic imine (C=N–C) groups is 1. The van der Waals surface area contributed by atoms with Crippen LogP contribution in [0.3, 0.4) is 0 Å². The highest BCUT2D eigenvalue weighted by molar-refractivity contribution is 5.79. The number of hydrogen-bond donors (Lipinski definition) is 2. The molecule has 0 saturated carbocycles. The molecule has 5 nitrogen and oxygen atoms in total. The minimum atomic E-state index is 0.296. The molecule has 1 aliphatic heterocycles. The maximum Gasteiger partial charge on any atom is 0.191 e. The first kappa shape index (κ1) is 19.4. The molecule has 27 heavy (non-hydrogen) atoms. The molecule has 1 aliphatic rings. The smallest absolute Gasteiger partial charge is 0.191 e. The van der Waals surface area contributed by atoms with Crippen molar-refractivity contribution in [2.24, 2.45) is 4.99 Å². The van der Waals surface area contributed by atoms with Gasteiger partial charge in [0.05, 0.1) is 19.3 Å². The summed E-state index contributed by atoms with van der Waals surface area (Å²) in [6.07, 6.45) is 0. The van der Waals surface area contributed by atoms with E-state index in [0.717, 1.165) is 45.4 Å². The van der Waals surface area contributed by atoms with Gasteiger partial charge in [-0.05, 0) is 18.1 Å². The lowest BCUT2D eigenvalue weighted by atomic mass is 10.0. The normalized spacial score (nSPS) is 16.7. The van der Waals surface area contributed by atoms with E-state index >= 15 is 0 Å². The zero-order valence-electron chi connectivity index (χ0n) is 16.3. The van der Waals surface area contributed by atoms with Crippen LogP contribution >= 0.6 is 0 Å². The minimum Gasteiger partial charge on any atom is -0.379 e. The quantitative estimate of drug-likeness (QED) is 0.610. The third-order valence-corrected chi connectivity index (χ3v) is 4.94. The fraction of sp³-hybridized carbons (Fsp3) is 0.409. The SMILES string of the molecule is CN=C(NCc1ccccc1)NCC(c1ccc(C)cc1)N1CCOCC1. The molecule has 2 aromatic carbocycles. The molecule has 0 spiro atoms. The first-order chi connectivity index (χ1) is 13.3. The van der Waals surface area contributed by atoms with Crippen molar-refractivity contribution in [2.45, 2.75) is 19.5 Å². The van der Waals surface area contributed by atoms with E-state index in [1.165, 1.54) is 16.7 Å². The molecular formula is C22H30N4O. The molecule has 1 unspecified atom stereocenters. The average molecular weight is 367 g/mol. The van der Waals surface area contributed by atoms with E-state index in [1.54, 1.807) is 0 Å². The van der Waals surface area contributed by atoms with Crippen LogP contribution in [0, 0.1) is 6.92 Å². The van der Waals surface area contributed by atoms with E-state index < -0.39 is 0 Å². The van der Waals surface area contributed by atoms with Gasteiger partial charge in [0.1, 0.15) is 0 Å². The van der Waals surface area contributed by atoms with Gasteiger partial charge < -0.3 is 15.4 Å². The van der Waals surface area contributed by atoms with Gasteiger partial charge in [-0.25, -0.2) is 0 Å². The second-order valence-corrected chi connectivity index (χ2v) is 6.87. The Balaban J connectivity index is 1.62. The Morgan fingerprint density at radius 3 is 2.41 bits per heavy atom. The number of nitrogens with one attached hydrogen (secondary N) is 2. The molecule has 0 radical (unpaired) electrons. The Morgan fingerprint density at radius 1 is 1.04 bits per heavy atom.